The van der Waals surface area contributed by atoms with Crippen molar-refractivity contribution in [1.29, 1.82) is 0 Å². The molecule has 1 saturated carbocycles. The Hall–Kier alpha value is -1.96. The van der Waals surface area contributed by atoms with Gasteiger partial charge in [-0.2, -0.15) is 0 Å². The molecular weight excluding hydrogens is 408 g/mol. The predicted octanol–water partition coefficient (Wildman–Crippen LogP) is 2.81. The molecule has 174 valence electrons. The minimum absolute atomic E-state index is 0.326. The summed E-state index contributed by atoms with van der Waals surface area (Å²) in [5.41, 5.74) is 4.05. The number of hydrogen-bond donors (Lipinski definition) is 4. The molecule has 2 aromatic rings. The highest BCUT2D eigenvalue weighted by atomic mass is 16.5. The third-order valence-electron chi connectivity index (χ3n) is 6.77. The second kappa shape index (κ2) is 10.3. The van der Waals surface area contributed by atoms with Crippen molar-refractivity contribution < 1.29 is 29.9 Å². The number of hydrogen-bond acceptors (Lipinski definition) is 6. The van der Waals surface area contributed by atoms with E-state index in [0.717, 1.165) is 35.3 Å². The zero-order valence-corrected chi connectivity index (χ0v) is 18.6. The minimum Gasteiger partial charge on any atom is -0.490 e. The molecule has 2 aromatic carbocycles. The van der Waals surface area contributed by atoms with E-state index >= 15 is 0 Å². The van der Waals surface area contributed by atoms with E-state index in [-0.39, 0.29) is 0 Å². The molecule has 0 radical (unpaired) electrons. The van der Waals surface area contributed by atoms with Crippen molar-refractivity contribution in [3.8, 4) is 5.75 Å². The van der Waals surface area contributed by atoms with E-state index in [0.29, 0.717) is 18.1 Å². The number of aliphatic hydroxyl groups excluding tert-OH is 4. The van der Waals surface area contributed by atoms with Gasteiger partial charge < -0.3 is 29.9 Å². The third-order valence-corrected chi connectivity index (χ3v) is 6.77. The van der Waals surface area contributed by atoms with Crippen LogP contribution in [0, 0.1) is 6.92 Å². The first kappa shape index (κ1) is 23.2. The molecule has 5 atom stereocenters. The third kappa shape index (κ3) is 5.16. The minimum atomic E-state index is -1.38. The molecule has 6 heteroatoms. The highest BCUT2D eigenvalue weighted by Gasteiger charge is 2.43. The first-order valence-corrected chi connectivity index (χ1v) is 11.6. The molecule has 1 heterocycles. The van der Waals surface area contributed by atoms with Gasteiger partial charge >= 0.3 is 0 Å². The maximum absolute atomic E-state index is 10.5. The molecule has 0 spiro atoms. The average Bonchev–Trinajstić information content (AvgIpc) is 2.81. The molecule has 4 rings (SSSR count). The van der Waals surface area contributed by atoms with Crippen molar-refractivity contribution in [1.82, 2.24) is 0 Å². The van der Waals surface area contributed by atoms with E-state index in [9.17, 15) is 20.4 Å². The zero-order valence-electron chi connectivity index (χ0n) is 18.6. The Bertz CT molecular complexity index is 874. The highest BCUT2D eigenvalue weighted by molar-refractivity contribution is 5.38. The Labute approximate surface area is 189 Å². The Morgan fingerprint density at radius 3 is 2.31 bits per heavy atom. The van der Waals surface area contributed by atoms with Gasteiger partial charge in [0.25, 0.3) is 0 Å². The van der Waals surface area contributed by atoms with E-state index in [1.807, 2.05) is 37.3 Å². The molecule has 0 aromatic heterocycles. The average molecular weight is 443 g/mol. The molecule has 2 aliphatic rings. The van der Waals surface area contributed by atoms with Crippen molar-refractivity contribution >= 4 is 0 Å². The summed E-state index contributed by atoms with van der Waals surface area (Å²) in [6.45, 7) is 1.60. The van der Waals surface area contributed by atoms with Gasteiger partial charge in [-0.15, -0.1) is 0 Å². The van der Waals surface area contributed by atoms with Crippen LogP contribution in [0.1, 0.15) is 60.5 Å². The fourth-order valence-corrected chi connectivity index (χ4v) is 4.72. The SMILES string of the molecule is Cc1ccc([C@@H]2O[C@H](CO)[C@@H](O)[C@H](O)[C@H]2O)cc1Cc1ccc(OC2CCCCC2)cc1. The second-order valence-electron chi connectivity index (χ2n) is 9.13. The monoisotopic (exact) mass is 442 g/mol. The number of aryl methyl sites for hydroxylation is 1. The molecule has 32 heavy (non-hydrogen) atoms. The fraction of sp³-hybridized carbons (Fsp3) is 0.538. The number of benzene rings is 2. The summed E-state index contributed by atoms with van der Waals surface area (Å²) in [5.74, 6) is 0.910. The van der Waals surface area contributed by atoms with Crippen molar-refractivity contribution in [2.75, 3.05) is 6.61 Å². The van der Waals surface area contributed by atoms with Crippen LogP contribution in [0.2, 0.25) is 0 Å². The van der Waals surface area contributed by atoms with Gasteiger partial charge in [0.15, 0.2) is 0 Å². The molecule has 4 N–H and O–H groups in total. The smallest absolute Gasteiger partial charge is 0.119 e. The fourth-order valence-electron chi connectivity index (χ4n) is 4.72. The number of aliphatic hydroxyl groups is 4. The lowest BCUT2D eigenvalue weighted by molar-refractivity contribution is -0.231. The topological polar surface area (TPSA) is 99.4 Å². The van der Waals surface area contributed by atoms with Crippen molar-refractivity contribution in [2.45, 2.75) is 82.1 Å². The van der Waals surface area contributed by atoms with Crippen LogP contribution in [0.3, 0.4) is 0 Å². The Morgan fingerprint density at radius 1 is 0.906 bits per heavy atom. The van der Waals surface area contributed by atoms with Gasteiger partial charge in [-0.3, -0.25) is 0 Å². The summed E-state index contributed by atoms with van der Waals surface area (Å²) >= 11 is 0. The lowest BCUT2D eigenvalue weighted by Crippen LogP contribution is -2.55. The van der Waals surface area contributed by atoms with Crippen molar-refractivity contribution in [3.05, 3.63) is 64.7 Å². The van der Waals surface area contributed by atoms with Crippen LogP contribution in [0.4, 0.5) is 0 Å². The van der Waals surface area contributed by atoms with Gasteiger partial charge in [0, 0.05) is 0 Å². The van der Waals surface area contributed by atoms with Crippen LogP contribution >= 0.6 is 0 Å². The van der Waals surface area contributed by atoms with E-state index in [2.05, 4.69) is 12.1 Å². The Kier molecular flexibility index (Phi) is 7.48. The lowest BCUT2D eigenvalue weighted by Gasteiger charge is -2.40. The van der Waals surface area contributed by atoms with Gasteiger partial charge in [-0.05, 0) is 73.4 Å². The van der Waals surface area contributed by atoms with Crippen LogP contribution in [-0.2, 0) is 11.2 Å². The Morgan fingerprint density at radius 2 is 1.62 bits per heavy atom. The molecule has 0 amide bonds. The van der Waals surface area contributed by atoms with Crippen LogP contribution in [0.5, 0.6) is 5.75 Å². The summed E-state index contributed by atoms with van der Waals surface area (Å²) in [5, 5.41) is 40.1. The van der Waals surface area contributed by atoms with E-state index in [1.54, 1.807) is 0 Å². The van der Waals surface area contributed by atoms with Crippen LogP contribution in [0.25, 0.3) is 0 Å². The van der Waals surface area contributed by atoms with Gasteiger partial charge in [-0.1, -0.05) is 36.8 Å². The maximum Gasteiger partial charge on any atom is 0.119 e. The van der Waals surface area contributed by atoms with Crippen LogP contribution in [0.15, 0.2) is 42.5 Å². The van der Waals surface area contributed by atoms with Gasteiger partial charge in [0.1, 0.15) is 36.3 Å². The quantitative estimate of drug-likeness (QED) is 0.549. The first-order chi connectivity index (χ1) is 15.5. The summed E-state index contributed by atoms with van der Waals surface area (Å²) in [6, 6.07) is 14.0. The molecule has 0 bridgehead atoms. The summed E-state index contributed by atoms with van der Waals surface area (Å²) in [7, 11) is 0. The second-order valence-corrected chi connectivity index (χ2v) is 9.13. The van der Waals surface area contributed by atoms with Crippen LogP contribution in [-0.4, -0.2) is 57.6 Å². The van der Waals surface area contributed by atoms with E-state index in [1.165, 1.54) is 19.3 Å². The van der Waals surface area contributed by atoms with E-state index in [4.69, 9.17) is 9.47 Å². The van der Waals surface area contributed by atoms with Gasteiger partial charge in [-0.25, -0.2) is 0 Å². The normalized spacial score (nSPS) is 29.1. The van der Waals surface area contributed by atoms with Crippen molar-refractivity contribution in [2.24, 2.45) is 0 Å². The standard InChI is InChI=1S/C26H34O6/c1-16-7-10-18(26-25(30)24(29)23(28)22(15-27)32-26)14-19(16)13-17-8-11-21(12-9-17)31-20-5-3-2-4-6-20/h7-12,14,20,22-30H,2-6,13,15H2,1H3/t22-,23-,24+,25-,26+/m1/s1. The lowest BCUT2D eigenvalue weighted by atomic mass is 9.89. The van der Waals surface area contributed by atoms with Crippen molar-refractivity contribution in [3.63, 3.8) is 0 Å². The molecular formula is C26H34O6. The molecule has 1 saturated heterocycles. The summed E-state index contributed by atoms with van der Waals surface area (Å²) in [4.78, 5) is 0. The van der Waals surface area contributed by atoms with Gasteiger partial charge in [0.05, 0.1) is 12.7 Å². The maximum atomic E-state index is 10.5. The zero-order chi connectivity index (χ0) is 22.7. The molecule has 1 aliphatic heterocycles. The molecule has 0 unspecified atom stereocenters. The number of rotatable bonds is 6. The van der Waals surface area contributed by atoms with Gasteiger partial charge in [0.2, 0.25) is 0 Å². The first-order valence-electron chi connectivity index (χ1n) is 11.6. The van der Waals surface area contributed by atoms with Crippen LogP contribution < -0.4 is 4.74 Å². The molecule has 6 nitrogen and oxygen atoms in total. The largest absolute Gasteiger partial charge is 0.490 e. The summed E-state index contributed by atoms with van der Waals surface area (Å²) in [6.07, 6.45) is 1.33. The van der Waals surface area contributed by atoms with E-state index < -0.39 is 37.1 Å². The molecule has 2 fully saturated rings. The molecule has 1 aliphatic carbocycles. The highest BCUT2D eigenvalue weighted by Crippen LogP contribution is 2.33. The number of ether oxygens (including phenoxy) is 2. The summed E-state index contributed by atoms with van der Waals surface area (Å²) < 4.78 is 11.8. The Balaban J connectivity index is 1.47. The predicted molar refractivity (Wildman–Crippen MR) is 121 cm³/mol.